The molecule has 0 fully saturated rings. The Hall–Kier alpha value is -1.88. The molecular formula is C10H9N3OS. The van der Waals surface area contributed by atoms with E-state index >= 15 is 0 Å². The Labute approximate surface area is 90.6 Å². The molecule has 4 N–H and O–H groups in total. The van der Waals surface area contributed by atoms with Gasteiger partial charge in [-0.05, 0) is 29.8 Å². The molecule has 2 heterocycles. The summed E-state index contributed by atoms with van der Waals surface area (Å²) in [7, 11) is 0. The zero-order valence-electron chi connectivity index (χ0n) is 7.81. The van der Waals surface area contributed by atoms with Gasteiger partial charge in [0.25, 0.3) is 5.91 Å². The van der Waals surface area contributed by atoms with E-state index in [1.807, 2.05) is 12.1 Å². The average Bonchev–Trinajstić information content (AvgIpc) is 2.66. The summed E-state index contributed by atoms with van der Waals surface area (Å²) < 4.78 is 0. The molecule has 2 aromatic heterocycles. The quantitative estimate of drug-likeness (QED) is 0.802. The van der Waals surface area contributed by atoms with Crippen LogP contribution in [0.5, 0.6) is 0 Å². The van der Waals surface area contributed by atoms with Gasteiger partial charge in [0.05, 0.1) is 4.88 Å². The van der Waals surface area contributed by atoms with Crippen LogP contribution in [0.1, 0.15) is 9.67 Å². The van der Waals surface area contributed by atoms with E-state index < -0.39 is 5.91 Å². The van der Waals surface area contributed by atoms with E-state index in [0.717, 1.165) is 10.4 Å². The number of amides is 1. The van der Waals surface area contributed by atoms with E-state index in [1.54, 1.807) is 18.3 Å². The number of carbonyl (C=O) groups is 1. The van der Waals surface area contributed by atoms with Gasteiger partial charge in [-0.25, -0.2) is 4.98 Å². The van der Waals surface area contributed by atoms with Crippen molar-refractivity contribution in [2.45, 2.75) is 0 Å². The first-order valence-corrected chi connectivity index (χ1v) is 5.10. The summed E-state index contributed by atoms with van der Waals surface area (Å²) in [6, 6.07) is 7.15. The summed E-state index contributed by atoms with van der Waals surface area (Å²) in [5, 5.41) is 0. The zero-order chi connectivity index (χ0) is 10.8. The molecule has 0 atom stereocenters. The first-order chi connectivity index (χ1) is 7.16. The lowest BCUT2D eigenvalue weighted by molar-refractivity contribution is 0.100. The molecule has 0 radical (unpaired) electrons. The number of rotatable bonds is 2. The van der Waals surface area contributed by atoms with Gasteiger partial charge in [0.2, 0.25) is 0 Å². The molecule has 76 valence electrons. The Kier molecular flexibility index (Phi) is 2.39. The van der Waals surface area contributed by atoms with Crippen molar-refractivity contribution in [1.29, 1.82) is 0 Å². The third kappa shape index (κ3) is 1.97. The molecule has 4 nitrogen and oxygen atoms in total. The summed E-state index contributed by atoms with van der Waals surface area (Å²) in [5.41, 5.74) is 11.7. The molecule has 0 saturated carbocycles. The minimum absolute atomic E-state index is 0.409. The van der Waals surface area contributed by atoms with Crippen molar-refractivity contribution in [2.75, 3.05) is 5.73 Å². The van der Waals surface area contributed by atoms with Gasteiger partial charge >= 0.3 is 0 Å². The Morgan fingerprint density at radius 3 is 2.73 bits per heavy atom. The molecule has 0 aliphatic rings. The van der Waals surface area contributed by atoms with Crippen LogP contribution in [0.25, 0.3) is 10.4 Å². The van der Waals surface area contributed by atoms with Crippen LogP contribution in [0.3, 0.4) is 0 Å². The standard InChI is InChI=1S/C10H9N3OS/c11-9-5-6(3-4-13-9)7-1-2-8(15-7)10(12)14/h1-5H,(H2,11,13)(H2,12,14). The second-order valence-electron chi connectivity index (χ2n) is 3.00. The molecule has 2 aromatic rings. The first kappa shape index (κ1) is 9.67. The number of anilines is 1. The highest BCUT2D eigenvalue weighted by molar-refractivity contribution is 7.17. The van der Waals surface area contributed by atoms with Gasteiger partial charge in [-0.15, -0.1) is 11.3 Å². The minimum Gasteiger partial charge on any atom is -0.384 e. The number of hydrogen-bond acceptors (Lipinski definition) is 4. The summed E-state index contributed by atoms with van der Waals surface area (Å²) in [4.78, 5) is 16.3. The summed E-state index contributed by atoms with van der Waals surface area (Å²) in [5.74, 6) is 0.0507. The average molecular weight is 219 g/mol. The normalized spacial score (nSPS) is 10.1. The Balaban J connectivity index is 2.41. The highest BCUT2D eigenvalue weighted by Gasteiger charge is 2.06. The molecule has 0 aromatic carbocycles. The van der Waals surface area contributed by atoms with E-state index in [2.05, 4.69) is 4.98 Å². The van der Waals surface area contributed by atoms with Crippen LogP contribution < -0.4 is 11.5 Å². The predicted octanol–water partition coefficient (Wildman–Crippen LogP) is 1.49. The predicted molar refractivity (Wildman–Crippen MR) is 60.5 cm³/mol. The van der Waals surface area contributed by atoms with E-state index in [4.69, 9.17) is 11.5 Å². The fourth-order valence-corrected chi connectivity index (χ4v) is 2.08. The van der Waals surface area contributed by atoms with Crippen LogP contribution in [0.2, 0.25) is 0 Å². The third-order valence-corrected chi connectivity index (χ3v) is 3.06. The molecule has 0 aliphatic heterocycles. The van der Waals surface area contributed by atoms with E-state index in [0.29, 0.717) is 10.7 Å². The van der Waals surface area contributed by atoms with Crippen LogP contribution >= 0.6 is 11.3 Å². The highest BCUT2D eigenvalue weighted by atomic mass is 32.1. The lowest BCUT2D eigenvalue weighted by atomic mass is 10.2. The topological polar surface area (TPSA) is 82.0 Å². The van der Waals surface area contributed by atoms with Crippen molar-refractivity contribution in [1.82, 2.24) is 4.98 Å². The number of pyridine rings is 1. The number of hydrogen-bond donors (Lipinski definition) is 2. The number of nitrogen functional groups attached to an aromatic ring is 1. The fourth-order valence-electron chi connectivity index (χ4n) is 1.23. The third-order valence-electron chi connectivity index (χ3n) is 1.91. The van der Waals surface area contributed by atoms with Gasteiger partial charge in [-0.1, -0.05) is 0 Å². The molecule has 15 heavy (non-hydrogen) atoms. The molecule has 0 unspecified atom stereocenters. The second-order valence-corrected chi connectivity index (χ2v) is 4.08. The Bertz CT molecular complexity index is 507. The number of carbonyl (C=O) groups excluding carboxylic acids is 1. The summed E-state index contributed by atoms with van der Waals surface area (Å²) in [6.45, 7) is 0. The Morgan fingerprint density at radius 1 is 1.33 bits per heavy atom. The van der Waals surface area contributed by atoms with Gasteiger partial charge in [0.1, 0.15) is 5.82 Å². The minimum atomic E-state index is -0.409. The van der Waals surface area contributed by atoms with Crippen molar-refractivity contribution in [3.63, 3.8) is 0 Å². The van der Waals surface area contributed by atoms with E-state index in [-0.39, 0.29) is 0 Å². The van der Waals surface area contributed by atoms with E-state index in [9.17, 15) is 4.79 Å². The van der Waals surface area contributed by atoms with Crippen LogP contribution in [0.15, 0.2) is 30.5 Å². The SMILES string of the molecule is NC(=O)c1ccc(-c2ccnc(N)c2)s1. The maximum Gasteiger partial charge on any atom is 0.258 e. The van der Waals surface area contributed by atoms with Crippen molar-refractivity contribution in [2.24, 2.45) is 5.73 Å². The number of primary amides is 1. The van der Waals surface area contributed by atoms with Crippen molar-refractivity contribution >= 4 is 23.1 Å². The smallest absolute Gasteiger partial charge is 0.258 e. The fraction of sp³-hybridized carbons (Fsp3) is 0. The molecule has 1 amide bonds. The van der Waals surface area contributed by atoms with Gasteiger partial charge in [-0.3, -0.25) is 4.79 Å². The van der Waals surface area contributed by atoms with Gasteiger partial charge in [0, 0.05) is 11.1 Å². The molecule has 0 bridgehead atoms. The van der Waals surface area contributed by atoms with Gasteiger partial charge in [-0.2, -0.15) is 0 Å². The lowest BCUT2D eigenvalue weighted by Gasteiger charge is -1.97. The number of nitrogens with zero attached hydrogens (tertiary/aromatic N) is 1. The van der Waals surface area contributed by atoms with Crippen LogP contribution in [0.4, 0.5) is 5.82 Å². The van der Waals surface area contributed by atoms with Gasteiger partial charge in [0.15, 0.2) is 0 Å². The van der Waals surface area contributed by atoms with Crippen molar-refractivity contribution < 1.29 is 4.79 Å². The van der Waals surface area contributed by atoms with Crippen molar-refractivity contribution in [3.05, 3.63) is 35.3 Å². The van der Waals surface area contributed by atoms with Crippen LogP contribution in [0, 0.1) is 0 Å². The van der Waals surface area contributed by atoms with Gasteiger partial charge < -0.3 is 11.5 Å². The van der Waals surface area contributed by atoms with Crippen LogP contribution in [-0.4, -0.2) is 10.9 Å². The molecule has 0 aliphatic carbocycles. The maximum absolute atomic E-state index is 10.9. The molecule has 0 saturated heterocycles. The number of thiophene rings is 1. The second kappa shape index (κ2) is 3.70. The molecular weight excluding hydrogens is 210 g/mol. The molecule has 2 rings (SSSR count). The number of aromatic nitrogens is 1. The summed E-state index contributed by atoms with van der Waals surface area (Å²) in [6.07, 6.45) is 1.63. The maximum atomic E-state index is 10.9. The number of nitrogens with two attached hydrogens (primary N) is 2. The zero-order valence-corrected chi connectivity index (χ0v) is 8.62. The van der Waals surface area contributed by atoms with Crippen LogP contribution in [-0.2, 0) is 0 Å². The monoisotopic (exact) mass is 219 g/mol. The van der Waals surface area contributed by atoms with Crippen molar-refractivity contribution in [3.8, 4) is 10.4 Å². The largest absolute Gasteiger partial charge is 0.384 e. The summed E-state index contributed by atoms with van der Waals surface area (Å²) >= 11 is 1.34. The van der Waals surface area contributed by atoms with E-state index in [1.165, 1.54) is 11.3 Å². The lowest BCUT2D eigenvalue weighted by Crippen LogP contribution is -2.07. The first-order valence-electron chi connectivity index (χ1n) is 4.28. The highest BCUT2D eigenvalue weighted by Crippen LogP contribution is 2.28. The molecule has 0 spiro atoms. The Morgan fingerprint density at radius 2 is 2.13 bits per heavy atom. The molecule has 5 heteroatoms.